The highest BCUT2D eigenvalue weighted by molar-refractivity contribution is 6.32. The van der Waals surface area contributed by atoms with Crippen molar-refractivity contribution in [2.75, 3.05) is 5.32 Å². The Morgan fingerprint density at radius 1 is 0.909 bits per heavy atom. The fourth-order valence-corrected chi connectivity index (χ4v) is 2.16. The lowest BCUT2D eigenvalue weighted by Gasteiger charge is -2.09. The van der Waals surface area contributed by atoms with E-state index in [-0.39, 0.29) is 0 Å². The van der Waals surface area contributed by atoms with Crippen molar-refractivity contribution >= 4 is 17.4 Å². The molecule has 0 radical (unpaired) electrons. The minimum atomic E-state index is 0.600. The fourth-order valence-electron chi connectivity index (χ4n) is 1.99. The lowest BCUT2D eigenvalue weighted by Crippen LogP contribution is -2.00. The van der Waals surface area contributed by atoms with E-state index in [0.717, 1.165) is 17.1 Å². The lowest BCUT2D eigenvalue weighted by molar-refractivity contribution is 0.483. The highest BCUT2D eigenvalue weighted by atomic mass is 35.5. The van der Waals surface area contributed by atoms with E-state index in [9.17, 15) is 0 Å². The summed E-state index contributed by atoms with van der Waals surface area (Å²) >= 11 is 6.08. The van der Waals surface area contributed by atoms with Crippen molar-refractivity contribution in [1.82, 2.24) is 4.98 Å². The molecule has 110 valence electrons. The maximum Gasteiger partial charge on any atom is 0.146 e. The van der Waals surface area contributed by atoms with Gasteiger partial charge in [-0.05, 0) is 42.0 Å². The zero-order valence-corrected chi connectivity index (χ0v) is 12.6. The van der Waals surface area contributed by atoms with Crippen LogP contribution in [-0.2, 0) is 6.54 Å². The van der Waals surface area contributed by atoms with Gasteiger partial charge in [-0.1, -0.05) is 41.9 Å². The predicted molar refractivity (Wildman–Crippen MR) is 89.5 cm³/mol. The van der Waals surface area contributed by atoms with E-state index in [1.54, 1.807) is 6.20 Å². The molecular weight excluding hydrogens is 296 g/mol. The largest absolute Gasteiger partial charge is 0.456 e. The van der Waals surface area contributed by atoms with Gasteiger partial charge in [-0.3, -0.25) is 0 Å². The molecule has 0 amide bonds. The van der Waals surface area contributed by atoms with Crippen LogP contribution >= 0.6 is 11.6 Å². The second kappa shape index (κ2) is 6.96. The van der Waals surface area contributed by atoms with Gasteiger partial charge in [0.05, 0.1) is 5.02 Å². The summed E-state index contributed by atoms with van der Waals surface area (Å²) in [6, 6.07) is 21.1. The van der Waals surface area contributed by atoms with Crippen LogP contribution in [0.3, 0.4) is 0 Å². The van der Waals surface area contributed by atoms with E-state index in [2.05, 4.69) is 10.3 Å². The molecule has 2 aromatic carbocycles. The molecule has 0 bridgehead atoms. The number of benzene rings is 2. The Hall–Kier alpha value is -2.52. The molecule has 1 aromatic heterocycles. The summed E-state index contributed by atoms with van der Waals surface area (Å²) in [6.07, 6.45) is 1.77. The smallest absolute Gasteiger partial charge is 0.146 e. The molecule has 3 aromatic rings. The van der Waals surface area contributed by atoms with E-state index in [0.29, 0.717) is 17.3 Å². The van der Waals surface area contributed by atoms with Gasteiger partial charge in [-0.25, -0.2) is 4.98 Å². The van der Waals surface area contributed by atoms with E-state index < -0.39 is 0 Å². The minimum absolute atomic E-state index is 0.600. The van der Waals surface area contributed by atoms with Crippen LogP contribution in [0.4, 0.5) is 5.82 Å². The summed E-state index contributed by atoms with van der Waals surface area (Å²) in [5.41, 5.74) is 1.15. The first-order valence-electron chi connectivity index (χ1n) is 6.97. The molecule has 22 heavy (non-hydrogen) atoms. The number of nitrogens with zero attached hydrogens (tertiary/aromatic N) is 1. The topological polar surface area (TPSA) is 34.1 Å². The quantitative estimate of drug-likeness (QED) is 0.708. The summed E-state index contributed by atoms with van der Waals surface area (Å²) < 4.78 is 5.76. The monoisotopic (exact) mass is 310 g/mol. The predicted octanol–water partition coefficient (Wildman–Crippen LogP) is 5.14. The van der Waals surface area contributed by atoms with Gasteiger partial charge in [-0.2, -0.15) is 0 Å². The van der Waals surface area contributed by atoms with Crippen LogP contribution in [0.5, 0.6) is 11.5 Å². The van der Waals surface area contributed by atoms with Crippen molar-refractivity contribution in [3.05, 3.63) is 83.5 Å². The van der Waals surface area contributed by atoms with Gasteiger partial charge in [0.25, 0.3) is 0 Å². The number of hydrogen-bond donors (Lipinski definition) is 1. The zero-order chi connectivity index (χ0) is 15.2. The summed E-state index contributed by atoms with van der Waals surface area (Å²) in [5.74, 6) is 2.28. The first-order valence-corrected chi connectivity index (χ1v) is 7.35. The molecule has 4 heteroatoms. The zero-order valence-electron chi connectivity index (χ0n) is 11.9. The van der Waals surface area contributed by atoms with Crippen LogP contribution in [-0.4, -0.2) is 4.98 Å². The van der Waals surface area contributed by atoms with Crippen LogP contribution in [0.25, 0.3) is 0 Å². The lowest BCUT2D eigenvalue weighted by atomic mass is 10.2. The van der Waals surface area contributed by atoms with E-state index in [1.165, 1.54) is 0 Å². The summed E-state index contributed by atoms with van der Waals surface area (Å²) in [4.78, 5) is 4.23. The average Bonchev–Trinajstić information content (AvgIpc) is 2.57. The number of nitrogens with one attached hydrogen (secondary N) is 1. The Morgan fingerprint density at radius 3 is 2.41 bits per heavy atom. The minimum Gasteiger partial charge on any atom is -0.456 e. The molecule has 0 saturated carbocycles. The van der Waals surface area contributed by atoms with Gasteiger partial charge in [0, 0.05) is 12.7 Å². The third kappa shape index (κ3) is 3.77. The summed E-state index contributed by atoms with van der Waals surface area (Å²) in [5, 5.41) is 3.87. The molecule has 0 fully saturated rings. The number of aromatic nitrogens is 1. The molecule has 0 aliphatic rings. The Bertz CT molecular complexity index is 730. The molecule has 0 unspecified atom stereocenters. The molecule has 1 N–H and O–H groups in total. The van der Waals surface area contributed by atoms with Crippen LogP contribution in [0.2, 0.25) is 5.02 Å². The Labute approximate surface area is 134 Å². The molecule has 0 aliphatic heterocycles. The molecule has 0 spiro atoms. The van der Waals surface area contributed by atoms with Crippen molar-refractivity contribution in [3.8, 4) is 11.5 Å². The fraction of sp³-hybridized carbons (Fsp3) is 0.0556. The van der Waals surface area contributed by atoms with Crippen LogP contribution in [0.1, 0.15) is 5.56 Å². The van der Waals surface area contributed by atoms with E-state index in [1.807, 2.05) is 66.7 Å². The average molecular weight is 311 g/mol. The number of anilines is 1. The van der Waals surface area contributed by atoms with E-state index in [4.69, 9.17) is 16.3 Å². The highest BCUT2D eigenvalue weighted by Crippen LogP contribution is 2.28. The van der Waals surface area contributed by atoms with Crippen LogP contribution in [0, 0.1) is 0 Å². The van der Waals surface area contributed by atoms with Crippen molar-refractivity contribution in [2.24, 2.45) is 0 Å². The second-order valence-electron chi connectivity index (χ2n) is 4.74. The Kier molecular flexibility index (Phi) is 4.56. The number of hydrogen-bond acceptors (Lipinski definition) is 3. The van der Waals surface area contributed by atoms with Crippen molar-refractivity contribution in [2.45, 2.75) is 6.54 Å². The van der Waals surface area contributed by atoms with E-state index >= 15 is 0 Å². The standard InChI is InChI=1S/C18H15ClN2O/c19-16-5-1-2-6-17(16)22-15-10-8-14(9-11-15)13-21-18-7-3-4-12-20-18/h1-12H,13H2,(H,20,21). The Balaban J connectivity index is 1.62. The van der Waals surface area contributed by atoms with Gasteiger partial charge < -0.3 is 10.1 Å². The van der Waals surface area contributed by atoms with Crippen LogP contribution < -0.4 is 10.1 Å². The summed E-state index contributed by atoms with van der Waals surface area (Å²) in [6.45, 7) is 0.712. The number of para-hydroxylation sites is 1. The maximum atomic E-state index is 6.08. The maximum absolute atomic E-state index is 6.08. The van der Waals surface area contributed by atoms with Gasteiger partial charge >= 0.3 is 0 Å². The van der Waals surface area contributed by atoms with Crippen molar-refractivity contribution in [3.63, 3.8) is 0 Å². The highest BCUT2D eigenvalue weighted by Gasteiger charge is 2.02. The molecule has 3 rings (SSSR count). The number of ether oxygens (including phenoxy) is 1. The molecule has 3 nitrogen and oxygen atoms in total. The molecule has 0 saturated heterocycles. The van der Waals surface area contributed by atoms with Crippen molar-refractivity contribution < 1.29 is 4.74 Å². The Morgan fingerprint density at radius 2 is 1.68 bits per heavy atom. The van der Waals surface area contributed by atoms with Crippen molar-refractivity contribution in [1.29, 1.82) is 0 Å². The second-order valence-corrected chi connectivity index (χ2v) is 5.15. The molecule has 0 aliphatic carbocycles. The number of halogens is 1. The SMILES string of the molecule is Clc1ccccc1Oc1ccc(CNc2ccccn2)cc1. The molecular formula is C18H15ClN2O. The molecule has 1 heterocycles. The first-order chi connectivity index (χ1) is 10.8. The number of pyridine rings is 1. The molecule has 0 atom stereocenters. The summed E-state index contributed by atoms with van der Waals surface area (Å²) in [7, 11) is 0. The van der Waals surface area contributed by atoms with Gasteiger partial charge in [0.2, 0.25) is 0 Å². The third-order valence-corrected chi connectivity index (χ3v) is 3.44. The van der Waals surface area contributed by atoms with Gasteiger partial charge in [0.1, 0.15) is 17.3 Å². The third-order valence-electron chi connectivity index (χ3n) is 3.13. The van der Waals surface area contributed by atoms with Crippen LogP contribution in [0.15, 0.2) is 72.9 Å². The van der Waals surface area contributed by atoms with Gasteiger partial charge in [-0.15, -0.1) is 0 Å². The number of rotatable bonds is 5. The van der Waals surface area contributed by atoms with Gasteiger partial charge in [0.15, 0.2) is 0 Å². The first kappa shape index (κ1) is 14.4. The normalized spacial score (nSPS) is 10.2.